The Balaban J connectivity index is 1.64. The number of carbonyl (C=O) groups excluding carboxylic acids is 1. The molecule has 0 radical (unpaired) electrons. The number of amidine groups is 1. The Morgan fingerprint density at radius 2 is 2.39 bits per heavy atom. The van der Waals surface area contributed by atoms with Crippen molar-refractivity contribution >= 4 is 22.8 Å². The van der Waals surface area contributed by atoms with Crippen molar-refractivity contribution < 1.29 is 4.79 Å². The number of hydrogen-bond acceptors (Lipinski definition) is 4. The third kappa shape index (κ3) is 3.51. The smallest absolute Gasteiger partial charge is 0.225 e. The summed E-state index contributed by atoms with van der Waals surface area (Å²) in [7, 11) is 0. The van der Waals surface area contributed by atoms with Gasteiger partial charge in [-0.1, -0.05) is 37.9 Å². The lowest BCUT2D eigenvalue weighted by atomic mass is 10.2. The Labute approximate surface area is 113 Å². The molecule has 0 aromatic heterocycles. The lowest BCUT2D eigenvalue weighted by Gasteiger charge is -2.16. The molecule has 4 nitrogen and oxygen atoms in total. The Bertz CT molecular complexity index is 365. The lowest BCUT2D eigenvalue weighted by molar-refractivity contribution is -0.120. The van der Waals surface area contributed by atoms with Crippen molar-refractivity contribution in [1.29, 1.82) is 0 Å². The highest BCUT2D eigenvalue weighted by atomic mass is 32.2. The number of nitrogens with one attached hydrogen (secondary N) is 1. The first-order valence-corrected chi connectivity index (χ1v) is 7.63. The van der Waals surface area contributed by atoms with E-state index >= 15 is 0 Å². The van der Waals surface area contributed by atoms with Crippen molar-refractivity contribution in [2.24, 2.45) is 4.99 Å². The number of rotatable bonds is 7. The first-order valence-electron chi connectivity index (χ1n) is 6.75. The predicted octanol–water partition coefficient (Wildman–Crippen LogP) is 2.33. The van der Waals surface area contributed by atoms with E-state index < -0.39 is 0 Å². The van der Waals surface area contributed by atoms with Crippen LogP contribution in [0.1, 0.15) is 39.0 Å². The number of nitrogens with zero attached hydrogens (tertiary/aromatic N) is 2. The number of hydrogen-bond donors (Lipinski definition) is 1. The highest BCUT2D eigenvalue weighted by Gasteiger charge is 2.27. The molecule has 2 aliphatic rings. The molecule has 2 aliphatic heterocycles. The molecule has 1 amide bonds. The molecule has 0 atom stereocenters. The second-order valence-electron chi connectivity index (χ2n) is 4.63. The maximum Gasteiger partial charge on any atom is 0.225 e. The average molecular weight is 267 g/mol. The number of amides is 1. The largest absolute Gasteiger partial charge is 0.356 e. The van der Waals surface area contributed by atoms with E-state index in [-0.39, 0.29) is 5.91 Å². The molecule has 0 spiro atoms. The molecule has 18 heavy (non-hydrogen) atoms. The molecule has 0 aromatic carbocycles. The minimum absolute atomic E-state index is 0.131. The summed E-state index contributed by atoms with van der Waals surface area (Å²) in [6.07, 6.45) is 5.27. The van der Waals surface area contributed by atoms with Gasteiger partial charge in [-0.2, -0.15) is 0 Å². The molecule has 2 heterocycles. The van der Waals surface area contributed by atoms with Gasteiger partial charge >= 0.3 is 0 Å². The zero-order valence-electron chi connectivity index (χ0n) is 10.9. The van der Waals surface area contributed by atoms with Crippen LogP contribution in [0.5, 0.6) is 0 Å². The summed E-state index contributed by atoms with van der Waals surface area (Å²) in [4.78, 5) is 18.3. The number of thioether (sulfide) groups is 1. The lowest BCUT2D eigenvalue weighted by Crippen LogP contribution is -2.29. The van der Waals surface area contributed by atoms with Crippen molar-refractivity contribution in [2.75, 3.05) is 19.6 Å². The molecule has 0 aliphatic carbocycles. The Morgan fingerprint density at radius 3 is 3.22 bits per heavy atom. The molecular weight excluding hydrogens is 246 g/mol. The van der Waals surface area contributed by atoms with E-state index in [0.29, 0.717) is 6.42 Å². The molecule has 0 saturated heterocycles. The second kappa shape index (κ2) is 6.83. The summed E-state index contributed by atoms with van der Waals surface area (Å²) >= 11 is 1.63. The molecule has 2 rings (SSSR count). The van der Waals surface area contributed by atoms with Gasteiger partial charge in [-0.3, -0.25) is 9.79 Å². The SMILES string of the molecule is CCCCCCNC(=O)CC1=CSC2=NCCN12. The highest BCUT2D eigenvalue weighted by Crippen LogP contribution is 2.30. The minimum Gasteiger partial charge on any atom is -0.356 e. The number of aliphatic imine (C=N–C) groups is 1. The van der Waals surface area contributed by atoms with E-state index in [1.165, 1.54) is 19.3 Å². The van der Waals surface area contributed by atoms with Crippen LogP contribution in [0.2, 0.25) is 0 Å². The van der Waals surface area contributed by atoms with Crippen LogP contribution < -0.4 is 5.32 Å². The minimum atomic E-state index is 0.131. The van der Waals surface area contributed by atoms with Crippen molar-refractivity contribution in [2.45, 2.75) is 39.0 Å². The molecule has 0 bridgehead atoms. The van der Waals surface area contributed by atoms with Gasteiger partial charge in [-0.05, 0) is 11.8 Å². The van der Waals surface area contributed by atoms with Gasteiger partial charge in [0.25, 0.3) is 0 Å². The third-order valence-electron chi connectivity index (χ3n) is 3.14. The van der Waals surface area contributed by atoms with Gasteiger partial charge in [0.05, 0.1) is 13.0 Å². The molecular formula is C13H21N3OS. The molecule has 0 aromatic rings. The standard InChI is InChI=1S/C13H21N3OS/c1-2-3-4-5-6-14-12(17)9-11-10-18-13-15-7-8-16(11)13/h10H,2-9H2,1H3,(H,14,17). The van der Waals surface area contributed by atoms with E-state index in [1.807, 2.05) is 0 Å². The van der Waals surface area contributed by atoms with Crippen LogP contribution in [0.25, 0.3) is 0 Å². The predicted molar refractivity (Wildman–Crippen MR) is 76.5 cm³/mol. The van der Waals surface area contributed by atoms with Crippen molar-refractivity contribution in [3.05, 3.63) is 11.1 Å². The zero-order chi connectivity index (χ0) is 12.8. The van der Waals surface area contributed by atoms with Crippen LogP contribution >= 0.6 is 11.8 Å². The first kappa shape index (κ1) is 13.5. The molecule has 5 heteroatoms. The summed E-state index contributed by atoms with van der Waals surface area (Å²) in [6, 6.07) is 0. The summed E-state index contributed by atoms with van der Waals surface area (Å²) in [5.74, 6) is 0.131. The fraction of sp³-hybridized carbons (Fsp3) is 0.692. The molecule has 1 N–H and O–H groups in total. The highest BCUT2D eigenvalue weighted by molar-refractivity contribution is 8.16. The van der Waals surface area contributed by atoms with E-state index in [4.69, 9.17) is 0 Å². The van der Waals surface area contributed by atoms with Crippen LogP contribution in [-0.4, -0.2) is 35.6 Å². The van der Waals surface area contributed by atoms with Gasteiger partial charge in [0.1, 0.15) is 0 Å². The first-order chi connectivity index (χ1) is 8.81. The number of unbranched alkanes of at least 4 members (excludes halogenated alkanes) is 3. The van der Waals surface area contributed by atoms with Crippen LogP contribution in [0, 0.1) is 0 Å². The van der Waals surface area contributed by atoms with E-state index in [2.05, 4.69) is 27.5 Å². The third-order valence-corrected chi connectivity index (χ3v) is 4.09. The van der Waals surface area contributed by atoms with Gasteiger partial charge in [0, 0.05) is 18.8 Å². The zero-order valence-corrected chi connectivity index (χ0v) is 11.8. The quantitative estimate of drug-likeness (QED) is 0.720. The molecule has 0 saturated carbocycles. The Kier molecular flexibility index (Phi) is 5.11. The van der Waals surface area contributed by atoms with Crippen LogP contribution in [0.3, 0.4) is 0 Å². The summed E-state index contributed by atoms with van der Waals surface area (Å²) in [6.45, 7) is 4.79. The molecule has 100 valence electrons. The Morgan fingerprint density at radius 1 is 1.50 bits per heavy atom. The van der Waals surface area contributed by atoms with Crippen molar-refractivity contribution in [3.8, 4) is 0 Å². The van der Waals surface area contributed by atoms with Crippen molar-refractivity contribution in [1.82, 2.24) is 10.2 Å². The maximum atomic E-state index is 11.8. The monoisotopic (exact) mass is 267 g/mol. The van der Waals surface area contributed by atoms with Crippen molar-refractivity contribution in [3.63, 3.8) is 0 Å². The number of carbonyl (C=O) groups is 1. The van der Waals surface area contributed by atoms with Crippen LogP contribution in [-0.2, 0) is 4.79 Å². The molecule has 0 unspecified atom stereocenters. The van der Waals surface area contributed by atoms with Crippen LogP contribution in [0.15, 0.2) is 16.1 Å². The topological polar surface area (TPSA) is 44.7 Å². The summed E-state index contributed by atoms with van der Waals surface area (Å²) < 4.78 is 0. The fourth-order valence-electron chi connectivity index (χ4n) is 2.12. The fourth-order valence-corrected chi connectivity index (χ4v) is 3.08. The Hall–Kier alpha value is -0.970. The van der Waals surface area contributed by atoms with E-state index in [1.54, 1.807) is 11.8 Å². The van der Waals surface area contributed by atoms with Crippen LogP contribution in [0.4, 0.5) is 0 Å². The van der Waals surface area contributed by atoms with Gasteiger partial charge in [-0.15, -0.1) is 0 Å². The van der Waals surface area contributed by atoms with Gasteiger partial charge in [-0.25, -0.2) is 0 Å². The number of fused-ring (bicyclic) bond motifs is 1. The summed E-state index contributed by atoms with van der Waals surface area (Å²) in [5, 5.41) is 6.10. The van der Waals surface area contributed by atoms with Gasteiger partial charge in [0.15, 0.2) is 5.17 Å². The second-order valence-corrected chi connectivity index (χ2v) is 5.47. The van der Waals surface area contributed by atoms with E-state index in [0.717, 1.165) is 36.9 Å². The van der Waals surface area contributed by atoms with Gasteiger partial charge < -0.3 is 10.2 Å². The normalized spacial score (nSPS) is 17.5. The average Bonchev–Trinajstić information content (AvgIpc) is 2.94. The maximum absolute atomic E-state index is 11.8. The summed E-state index contributed by atoms with van der Waals surface area (Å²) in [5.41, 5.74) is 1.10. The van der Waals surface area contributed by atoms with E-state index in [9.17, 15) is 4.79 Å². The van der Waals surface area contributed by atoms with Gasteiger partial charge in [0.2, 0.25) is 5.91 Å². The molecule has 0 fully saturated rings.